The number of terminal acetylenes is 1. The zero-order valence-electron chi connectivity index (χ0n) is 14.4. The summed E-state index contributed by atoms with van der Waals surface area (Å²) in [6, 6.07) is 2.68. The molecular formula is C17H22N6O3. The van der Waals surface area contributed by atoms with Crippen LogP contribution in [0, 0.1) is 12.3 Å². The van der Waals surface area contributed by atoms with E-state index in [9.17, 15) is 14.4 Å². The Balaban J connectivity index is 2.27. The lowest BCUT2D eigenvalue weighted by Crippen LogP contribution is -2.36. The van der Waals surface area contributed by atoms with E-state index in [-0.39, 0.29) is 23.5 Å². The lowest BCUT2D eigenvalue weighted by atomic mass is 10.1. The number of nitrogens with zero attached hydrogens (tertiary/aromatic N) is 1. The lowest BCUT2D eigenvalue weighted by molar-refractivity contribution is 0.0945. The van der Waals surface area contributed by atoms with Crippen molar-refractivity contribution in [3.63, 3.8) is 0 Å². The molecule has 2 bridgehead atoms. The highest BCUT2D eigenvalue weighted by Crippen LogP contribution is 2.07. The molecule has 0 spiro atoms. The molecule has 0 saturated heterocycles. The van der Waals surface area contributed by atoms with Gasteiger partial charge in [0.05, 0.1) is 6.54 Å². The van der Waals surface area contributed by atoms with Gasteiger partial charge < -0.3 is 26.6 Å². The Morgan fingerprint density at radius 2 is 1.50 bits per heavy atom. The fourth-order valence-corrected chi connectivity index (χ4v) is 2.26. The summed E-state index contributed by atoms with van der Waals surface area (Å²) in [6.07, 6.45) is 5.14. The normalized spacial score (nSPS) is 16.3. The van der Waals surface area contributed by atoms with Gasteiger partial charge in [0.2, 0.25) is 0 Å². The molecule has 9 nitrogen and oxygen atoms in total. The first-order chi connectivity index (χ1) is 12.6. The Labute approximate surface area is 151 Å². The van der Waals surface area contributed by atoms with E-state index in [1.54, 1.807) is 0 Å². The first-order valence-electron chi connectivity index (χ1n) is 8.33. The van der Waals surface area contributed by atoms with Crippen LogP contribution in [0.2, 0.25) is 0 Å². The minimum absolute atomic E-state index is 0.00324. The van der Waals surface area contributed by atoms with Crippen LogP contribution >= 0.6 is 0 Å². The van der Waals surface area contributed by atoms with Gasteiger partial charge >= 0.3 is 0 Å². The van der Waals surface area contributed by atoms with Gasteiger partial charge in [-0.2, -0.15) is 0 Å². The molecule has 0 saturated carbocycles. The summed E-state index contributed by atoms with van der Waals surface area (Å²) in [7, 11) is 0. The number of amides is 3. The fraction of sp³-hybridized carbons (Fsp3) is 0.412. The van der Waals surface area contributed by atoms with Crippen LogP contribution in [-0.4, -0.2) is 68.5 Å². The molecule has 0 aliphatic carbocycles. The summed E-state index contributed by atoms with van der Waals surface area (Å²) in [6.45, 7) is 3.52. The van der Waals surface area contributed by atoms with Crippen LogP contribution in [0.5, 0.6) is 0 Å². The van der Waals surface area contributed by atoms with Gasteiger partial charge in [-0.25, -0.2) is 4.98 Å². The minimum Gasteiger partial charge on any atom is -0.349 e. The third-order valence-electron chi connectivity index (χ3n) is 3.56. The Hall–Kier alpha value is -2.96. The molecule has 0 atom stereocenters. The van der Waals surface area contributed by atoms with Gasteiger partial charge in [-0.15, -0.1) is 6.42 Å². The zero-order valence-corrected chi connectivity index (χ0v) is 14.4. The molecule has 5 N–H and O–H groups in total. The van der Waals surface area contributed by atoms with Crippen molar-refractivity contribution >= 4 is 17.7 Å². The Morgan fingerprint density at radius 3 is 2.00 bits per heavy atom. The van der Waals surface area contributed by atoms with E-state index in [2.05, 4.69) is 37.5 Å². The maximum atomic E-state index is 12.3. The first-order valence-corrected chi connectivity index (χ1v) is 8.33. The van der Waals surface area contributed by atoms with Crippen molar-refractivity contribution in [3.8, 4) is 12.3 Å². The van der Waals surface area contributed by atoms with Gasteiger partial charge in [0.1, 0.15) is 11.4 Å². The first kappa shape index (κ1) is 19.4. The predicted molar refractivity (Wildman–Crippen MR) is 95.8 cm³/mol. The standard InChI is InChI=1S/C17H22N6O3/c1-2-3-20-15(24)12-10-13-16(25)21-8-6-18-4-5-19-7-9-22-17(26)14(11-12)23-13/h1,10-11,18-19H,3-9H2,(H,20,24)(H,21,25)(H,22,26). The van der Waals surface area contributed by atoms with E-state index in [0.717, 1.165) is 13.1 Å². The van der Waals surface area contributed by atoms with Crippen molar-refractivity contribution in [1.29, 1.82) is 0 Å². The van der Waals surface area contributed by atoms with Gasteiger partial charge in [-0.3, -0.25) is 14.4 Å². The van der Waals surface area contributed by atoms with Gasteiger partial charge in [-0.05, 0) is 12.1 Å². The number of aromatic nitrogens is 1. The SMILES string of the molecule is C#CCNC(=O)c1cc2nc(c1)C(=O)NCCNCCNCCNC2=O. The third-order valence-corrected chi connectivity index (χ3v) is 3.56. The molecule has 0 fully saturated rings. The van der Waals surface area contributed by atoms with Crippen molar-refractivity contribution < 1.29 is 14.4 Å². The second-order valence-electron chi connectivity index (χ2n) is 5.52. The number of fused-ring (bicyclic) bond motifs is 2. The lowest BCUT2D eigenvalue weighted by Gasteiger charge is -2.10. The highest BCUT2D eigenvalue weighted by Gasteiger charge is 2.17. The number of carbonyl (C=O) groups excluding carboxylic acids is 3. The van der Waals surface area contributed by atoms with Crippen LogP contribution in [0.4, 0.5) is 0 Å². The number of hydrogen-bond donors (Lipinski definition) is 5. The number of hydrogen-bond acceptors (Lipinski definition) is 6. The summed E-state index contributed by atoms with van der Waals surface area (Å²) in [5.74, 6) is 0.905. The maximum absolute atomic E-state index is 12.3. The predicted octanol–water partition coefficient (Wildman–Crippen LogP) is -1.90. The largest absolute Gasteiger partial charge is 0.349 e. The van der Waals surface area contributed by atoms with Crippen LogP contribution in [0.25, 0.3) is 0 Å². The summed E-state index contributed by atoms with van der Waals surface area (Å²) >= 11 is 0. The fourth-order valence-electron chi connectivity index (χ4n) is 2.26. The molecule has 3 amide bonds. The molecule has 2 rings (SSSR count). The molecule has 9 heteroatoms. The molecule has 1 aliphatic heterocycles. The van der Waals surface area contributed by atoms with Gasteiger partial charge in [0, 0.05) is 44.8 Å². The quantitative estimate of drug-likeness (QED) is 0.393. The number of carbonyl (C=O) groups is 3. The Kier molecular flexibility index (Phi) is 7.54. The van der Waals surface area contributed by atoms with Crippen LogP contribution in [0.1, 0.15) is 31.3 Å². The molecule has 1 aliphatic rings. The van der Waals surface area contributed by atoms with Crippen molar-refractivity contribution in [2.75, 3.05) is 45.8 Å². The van der Waals surface area contributed by atoms with E-state index in [4.69, 9.17) is 6.42 Å². The van der Waals surface area contributed by atoms with Crippen molar-refractivity contribution in [2.24, 2.45) is 0 Å². The Bertz CT molecular complexity index is 671. The molecule has 26 heavy (non-hydrogen) atoms. The smallest absolute Gasteiger partial charge is 0.269 e. The summed E-state index contributed by atoms with van der Waals surface area (Å²) < 4.78 is 0. The Morgan fingerprint density at radius 1 is 1.00 bits per heavy atom. The minimum atomic E-state index is -0.477. The summed E-state index contributed by atoms with van der Waals surface area (Å²) in [5.41, 5.74) is 0.138. The second kappa shape index (κ2) is 10.1. The van der Waals surface area contributed by atoms with E-state index in [0.29, 0.717) is 26.2 Å². The summed E-state index contributed by atoms with van der Waals surface area (Å²) in [5, 5.41) is 14.3. The van der Waals surface area contributed by atoms with Crippen molar-refractivity contribution in [3.05, 3.63) is 29.1 Å². The molecular weight excluding hydrogens is 336 g/mol. The van der Waals surface area contributed by atoms with Crippen LogP contribution in [0.15, 0.2) is 12.1 Å². The van der Waals surface area contributed by atoms with Gasteiger partial charge in [-0.1, -0.05) is 5.92 Å². The highest BCUT2D eigenvalue weighted by molar-refractivity contribution is 6.02. The number of rotatable bonds is 2. The molecule has 1 aromatic heterocycles. The topological polar surface area (TPSA) is 124 Å². The van der Waals surface area contributed by atoms with Gasteiger partial charge in [0.15, 0.2) is 0 Å². The maximum Gasteiger partial charge on any atom is 0.269 e. The second-order valence-corrected chi connectivity index (χ2v) is 5.52. The van der Waals surface area contributed by atoms with Crippen LogP contribution in [-0.2, 0) is 0 Å². The van der Waals surface area contributed by atoms with E-state index >= 15 is 0 Å². The molecule has 0 radical (unpaired) electrons. The third kappa shape index (κ3) is 5.84. The number of pyridine rings is 1. The van der Waals surface area contributed by atoms with E-state index < -0.39 is 17.7 Å². The molecule has 0 aromatic carbocycles. The number of nitrogens with one attached hydrogen (secondary N) is 5. The average Bonchev–Trinajstić information content (AvgIpc) is 2.66. The monoisotopic (exact) mass is 358 g/mol. The molecule has 1 aromatic rings. The van der Waals surface area contributed by atoms with E-state index in [1.165, 1.54) is 12.1 Å². The van der Waals surface area contributed by atoms with E-state index in [1.807, 2.05) is 0 Å². The van der Waals surface area contributed by atoms with Crippen LogP contribution in [0.3, 0.4) is 0 Å². The average molecular weight is 358 g/mol. The van der Waals surface area contributed by atoms with Gasteiger partial charge in [0.25, 0.3) is 17.7 Å². The van der Waals surface area contributed by atoms with Crippen molar-refractivity contribution in [1.82, 2.24) is 31.6 Å². The van der Waals surface area contributed by atoms with Crippen LogP contribution < -0.4 is 26.6 Å². The highest BCUT2D eigenvalue weighted by atomic mass is 16.2. The molecule has 138 valence electrons. The molecule has 2 heterocycles. The van der Waals surface area contributed by atoms with Crippen molar-refractivity contribution in [2.45, 2.75) is 0 Å². The molecule has 0 unspecified atom stereocenters. The zero-order chi connectivity index (χ0) is 18.8. The summed E-state index contributed by atoms with van der Waals surface area (Å²) in [4.78, 5) is 40.9.